The predicted octanol–water partition coefficient (Wildman–Crippen LogP) is 0.313. The van der Waals surface area contributed by atoms with Crippen LogP contribution in [0, 0.1) is 0 Å². The van der Waals surface area contributed by atoms with Crippen LogP contribution in [0.2, 0.25) is 0 Å². The number of rotatable bonds is 2. The van der Waals surface area contributed by atoms with E-state index in [1.165, 1.54) is 13.8 Å². The Balaban J connectivity index is -0.0000000320. The van der Waals surface area contributed by atoms with Crippen LogP contribution in [-0.2, 0) is 42.3 Å². The normalized spacial score (nSPS) is 5.85. The fourth-order valence-corrected chi connectivity index (χ4v) is 0.351. The molecule has 0 aliphatic heterocycles. The number of aliphatic hydroxyl groups is 1. The van der Waals surface area contributed by atoms with Gasteiger partial charge in [0, 0.05) is 6.61 Å². The van der Waals surface area contributed by atoms with Crippen molar-refractivity contribution in [3.8, 4) is 0 Å². The molecule has 76 valence electrons. The minimum atomic E-state index is -0.0625. The fourth-order valence-electron chi connectivity index (χ4n) is 0.351. The molecule has 0 amide bonds. The van der Waals surface area contributed by atoms with Crippen LogP contribution >= 0.6 is 0 Å². The average molecular weight is 226 g/mol. The summed E-state index contributed by atoms with van der Waals surface area (Å²) in [7, 11) is 0. The van der Waals surface area contributed by atoms with Crippen LogP contribution in [0.3, 0.4) is 0 Å². The summed E-state index contributed by atoms with van der Waals surface area (Å²) in [4.78, 5) is 20.1. The van der Waals surface area contributed by atoms with Crippen LogP contribution < -0.4 is 0 Å². The minimum Gasteiger partial charge on any atom is -2.00 e. The van der Waals surface area contributed by atoms with Crippen LogP contribution in [0.25, 0.3) is 0 Å². The Morgan fingerprint density at radius 1 is 1.08 bits per heavy atom. The second-order valence-corrected chi connectivity index (χ2v) is 1.90. The van der Waals surface area contributed by atoms with Gasteiger partial charge >= 0.3 is 21.7 Å². The van der Waals surface area contributed by atoms with Gasteiger partial charge in [-0.25, -0.2) is 0 Å². The number of carbonyl (C=O) groups excluding carboxylic acids is 2. The summed E-state index contributed by atoms with van der Waals surface area (Å²) < 4.78 is 0. The first-order valence-corrected chi connectivity index (χ1v) is 3.14. The van der Waals surface area contributed by atoms with Crippen molar-refractivity contribution in [3.63, 3.8) is 0 Å². The van der Waals surface area contributed by atoms with Gasteiger partial charge in [0.1, 0.15) is 11.6 Å². The van der Waals surface area contributed by atoms with Crippen molar-refractivity contribution >= 4 is 11.6 Å². The van der Waals surface area contributed by atoms with Gasteiger partial charge in [0.05, 0.1) is 6.42 Å². The molecule has 0 fully saturated rings. The van der Waals surface area contributed by atoms with Crippen LogP contribution in [0.1, 0.15) is 27.2 Å². The van der Waals surface area contributed by atoms with Gasteiger partial charge in [-0.15, -0.1) is 0 Å². The number of Topliss-reactive ketones (excluding diaryl/α,β-unsaturated/α-hetero) is 2. The third-order valence-corrected chi connectivity index (χ3v) is 0.498. The topological polar surface area (TPSA) is 111 Å². The zero-order valence-corrected chi connectivity index (χ0v) is 9.56. The van der Waals surface area contributed by atoms with Crippen molar-refractivity contribution < 1.29 is 47.4 Å². The minimum absolute atomic E-state index is 0. The molecule has 0 heterocycles. The molecular formula is C7H14O5Ti. The Hall–Kier alpha value is -0.0657. The molecule has 0 rings (SSSR count). The fraction of sp³-hybridized carbons (Fsp3) is 0.714. The SMILES string of the molecule is CC(=O)CC(C)=O.CCO.[O-2].[O-2].[Ti+4]. The summed E-state index contributed by atoms with van der Waals surface area (Å²) in [5, 5.41) is 7.57. The Bertz CT molecular complexity index is 103. The largest absolute Gasteiger partial charge is 4.00 e. The van der Waals surface area contributed by atoms with E-state index in [4.69, 9.17) is 5.11 Å². The van der Waals surface area contributed by atoms with Gasteiger partial charge in [0.15, 0.2) is 0 Å². The third-order valence-electron chi connectivity index (χ3n) is 0.498. The van der Waals surface area contributed by atoms with E-state index in [0.717, 1.165) is 0 Å². The molecule has 13 heavy (non-hydrogen) atoms. The van der Waals surface area contributed by atoms with E-state index >= 15 is 0 Å². The Morgan fingerprint density at radius 2 is 1.23 bits per heavy atom. The maximum Gasteiger partial charge on any atom is 4.00 e. The summed E-state index contributed by atoms with van der Waals surface area (Å²) >= 11 is 0. The van der Waals surface area contributed by atoms with E-state index < -0.39 is 0 Å². The Morgan fingerprint density at radius 3 is 1.23 bits per heavy atom. The van der Waals surface area contributed by atoms with Gasteiger partial charge in [0.25, 0.3) is 0 Å². The van der Waals surface area contributed by atoms with E-state index in [1.807, 2.05) is 0 Å². The van der Waals surface area contributed by atoms with E-state index in [1.54, 1.807) is 6.92 Å². The molecule has 0 aliphatic carbocycles. The molecule has 0 aromatic heterocycles. The summed E-state index contributed by atoms with van der Waals surface area (Å²) in [6, 6.07) is 0. The average Bonchev–Trinajstić information content (AvgIpc) is 1.62. The zero-order chi connectivity index (χ0) is 8.57. The van der Waals surface area contributed by atoms with Gasteiger partial charge in [-0.3, -0.25) is 9.59 Å². The molecule has 1 N–H and O–H groups in total. The van der Waals surface area contributed by atoms with E-state index in [9.17, 15) is 9.59 Å². The molecular weight excluding hydrogens is 212 g/mol. The van der Waals surface area contributed by atoms with Crippen LogP contribution in [-0.4, -0.2) is 23.3 Å². The molecule has 0 atom stereocenters. The molecule has 0 aliphatic rings. The third kappa shape index (κ3) is 76.1. The predicted molar refractivity (Wildman–Crippen MR) is 40.1 cm³/mol. The van der Waals surface area contributed by atoms with Crippen molar-refractivity contribution in [1.29, 1.82) is 0 Å². The van der Waals surface area contributed by atoms with Gasteiger partial charge in [-0.05, 0) is 20.8 Å². The van der Waals surface area contributed by atoms with Crippen LogP contribution in [0.5, 0.6) is 0 Å². The van der Waals surface area contributed by atoms with Crippen molar-refractivity contribution in [2.75, 3.05) is 6.61 Å². The molecule has 0 unspecified atom stereocenters. The van der Waals surface area contributed by atoms with E-state index in [-0.39, 0.29) is 57.3 Å². The number of aliphatic hydroxyl groups excluding tert-OH is 1. The molecule has 0 spiro atoms. The first kappa shape index (κ1) is 29.3. The van der Waals surface area contributed by atoms with Crippen molar-refractivity contribution in [2.45, 2.75) is 27.2 Å². The summed E-state index contributed by atoms with van der Waals surface area (Å²) in [5.41, 5.74) is 0. The van der Waals surface area contributed by atoms with Gasteiger partial charge in [0.2, 0.25) is 0 Å². The standard InChI is InChI=1S/C5H8O2.C2H6O.2O.Ti/c1-4(6)3-5(2)7;1-2-3;;;/h3H2,1-2H3;3H,2H2,1H3;;;/q;;2*-2;+4. The van der Waals surface area contributed by atoms with Gasteiger partial charge in [-0.2, -0.15) is 0 Å². The molecule has 0 radical (unpaired) electrons. The monoisotopic (exact) mass is 226 g/mol. The summed E-state index contributed by atoms with van der Waals surface area (Å²) in [6.07, 6.45) is 0.0833. The smallest absolute Gasteiger partial charge is 2.00 e. The maximum absolute atomic E-state index is 10.0. The zero-order valence-electron chi connectivity index (χ0n) is 7.99. The number of hydrogen-bond acceptors (Lipinski definition) is 3. The summed E-state index contributed by atoms with van der Waals surface area (Å²) in [6.45, 7) is 4.74. The summed E-state index contributed by atoms with van der Waals surface area (Å²) in [5.74, 6) is -0.125. The van der Waals surface area contributed by atoms with Crippen molar-refractivity contribution in [2.24, 2.45) is 0 Å². The molecule has 0 bridgehead atoms. The van der Waals surface area contributed by atoms with Crippen LogP contribution in [0.15, 0.2) is 0 Å². The second-order valence-electron chi connectivity index (χ2n) is 1.90. The van der Waals surface area contributed by atoms with E-state index in [2.05, 4.69) is 0 Å². The second kappa shape index (κ2) is 22.7. The first-order valence-electron chi connectivity index (χ1n) is 3.14. The molecule has 0 saturated carbocycles. The number of carbonyl (C=O) groups is 2. The quantitative estimate of drug-likeness (QED) is 0.540. The molecule has 0 aromatic carbocycles. The molecule has 0 aromatic rings. The van der Waals surface area contributed by atoms with Crippen molar-refractivity contribution in [3.05, 3.63) is 0 Å². The van der Waals surface area contributed by atoms with Crippen LogP contribution in [0.4, 0.5) is 0 Å². The Labute approximate surface area is 93.0 Å². The molecule has 6 heteroatoms. The first-order chi connectivity index (χ1) is 4.54. The molecule has 5 nitrogen and oxygen atoms in total. The van der Waals surface area contributed by atoms with Gasteiger partial charge in [-0.1, -0.05) is 0 Å². The van der Waals surface area contributed by atoms with Crippen molar-refractivity contribution in [1.82, 2.24) is 0 Å². The van der Waals surface area contributed by atoms with E-state index in [0.29, 0.717) is 0 Å². The maximum atomic E-state index is 10.0. The number of ketones is 2. The number of hydrogen-bond donors (Lipinski definition) is 1. The van der Waals surface area contributed by atoms with Gasteiger partial charge < -0.3 is 16.1 Å². The molecule has 0 saturated heterocycles. The Kier molecular flexibility index (Phi) is 51.0.